The molecule has 0 unspecified atom stereocenters. The lowest BCUT2D eigenvalue weighted by atomic mass is 10.0. The number of carbonyl (C=O) groups excluding carboxylic acids is 2. The van der Waals surface area contributed by atoms with E-state index in [9.17, 15) is 9.59 Å². The third-order valence-corrected chi connectivity index (χ3v) is 5.17. The Morgan fingerprint density at radius 3 is 2.21 bits per heavy atom. The molecule has 3 rings (SSSR count). The Labute approximate surface area is 174 Å². The van der Waals surface area contributed by atoms with E-state index in [0.29, 0.717) is 16.5 Å². The van der Waals surface area contributed by atoms with Gasteiger partial charge in [-0.25, -0.2) is 9.78 Å². The number of aromatic nitrogens is 1. The van der Waals surface area contributed by atoms with Crippen molar-refractivity contribution in [3.05, 3.63) is 69.7 Å². The highest BCUT2D eigenvalue weighted by Gasteiger charge is 2.12. The first-order chi connectivity index (χ1) is 13.8. The quantitative estimate of drug-likeness (QED) is 0.542. The zero-order chi connectivity index (χ0) is 21.0. The summed E-state index contributed by atoms with van der Waals surface area (Å²) in [7, 11) is 0. The topological polar surface area (TPSA) is 83.1 Å². The summed E-state index contributed by atoms with van der Waals surface area (Å²) in [5.41, 5.74) is 6.50. The Morgan fingerprint density at radius 1 is 0.897 bits per heavy atom. The van der Waals surface area contributed by atoms with Gasteiger partial charge in [-0.1, -0.05) is 35.4 Å². The lowest BCUT2D eigenvalue weighted by molar-refractivity contribution is -0.115. The molecule has 3 aromatic rings. The van der Waals surface area contributed by atoms with Gasteiger partial charge in [-0.2, -0.15) is 0 Å². The number of rotatable bonds is 5. The Balaban J connectivity index is 1.56. The molecule has 3 amide bonds. The lowest BCUT2D eigenvalue weighted by Gasteiger charge is -2.12. The first-order valence-electron chi connectivity index (χ1n) is 9.27. The van der Waals surface area contributed by atoms with E-state index < -0.39 is 0 Å². The maximum Gasteiger partial charge on any atom is 0.325 e. The van der Waals surface area contributed by atoms with E-state index in [1.807, 2.05) is 64.1 Å². The Hall–Kier alpha value is -3.19. The molecule has 1 heterocycles. The molecular weight excluding hydrogens is 384 g/mol. The van der Waals surface area contributed by atoms with Crippen molar-refractivity contribution in [2.24, 2.45) is 0 Å². The van der Waals surface area contributed by atoms with E-state index >= 15 is 0 Å². The molecule has 29 heavy (non-hydrogen) atoms. The molecule has 0 fully saturated rings. The average molecular weight is 409 g/mol. The average Bonchev–Trinajstić information content (AvgIpc) is 3.06. The minimum absolute atomic E-state index is 0.138. The van der Waals surface area contributed by atoms with Crippen LogP contribution >= 0.6 is 11.3 Å². The lowest BCUT2D eigenvalue weighted by Crippen LogP contribution is -2.19. The number of nitrogens with one attached hydrogen (secondary N) is 3. The number of nitrogens with zero attached hydrogens (tertiary/aromatic N) is 1. The van der Waals surface area contributed by atoms with E-state index in [2.05, 4.69) is 20.9 Å². The molecule has 6 nitrogen and oxygen atoms in total. The van der Waals surface area contributed by atoms with Crippen LogP contribution in [0.5, 0.6) is 0 Å². The monoisotopic (exact) mass is 408 g/mol. The van der Waals surface area contributed by atoms with Crippen LogP contribution in [0.2, 0.25) is 0 Å². The van der Waals surface area contributed by atoms with Crippen LogP contribution < -0.4 is 16.0 Å². The van der Waals surface area contributed by atoms with Gasteiger partial charge in [0.05, 0.1) is 12.1 Å². The van der Waals surface area contributed by atoms with Gasteiger partial charge < -0.3 is 10.6 Å². The maximum atomic E-state index is 12.4. The molecule has 0 aliphatic heterocycles. The van der Waals surface area contributed by atoms with E-state index in [-0.39, 0.29) is 18.4 Å². The van der Waals surface area contributed by atoms with Crippen LogP contribution in [0.15, 0.2) is 41.8 Å². The predicted octanol–water partition coefficient (Wildman–Crippen LogP) is 5.20. The summed E-state index contributed by atoms with van der Waals surface area (Å²) in [5.74, 6) is -0.138. The summed E-state index contributed by atoms with van der Waals surface area (Å²) in [6.45, 7) is 7.98. The van der Waals surface area contributed by atoms with Crippen molar-refractivity contribution in [3.8, 4) is 0 Å². The number of anilines is 3. The van der Waals surface area contributed by atoms with Gasteiger partial charge in [0.15, 0.2) is 5.13 Å². The normalized spacial score (nSPS) is 10.5. The van der Waals surface area contributed by atoms with Crippen molar-refractivity contribution in [2.45, 2.75) is 34.1 Å². The zero-order valence-electron chi connectivity index (χ0n) is 16.9. The minimum Gasteiger partial charge on any atom is -0.325 e. The Morgan fingerprint density at radius 2 is 1.55 bits per heavy atom. The van der Waals surface area contributed by atoms with Gasteiger partial charge in [0.25, 0.3) is 0 Å². The SMILES string of the molecule is Cc1ccc(NC(=O)Nc2nc(CC(=O)Nc3c(C)cc(C)cc3C)cs2)cc1. The Kier molecular flexibility index (Phi) is 6.29. The largest absolute Gasteiger partial charge is 0.325 e. The van der Waals surface area contributed by atoms with Gasteiger partial charge in [-0.15, -0.1) is 11.3 Å². The number of amides is 3. The maximum absolute atomic E-state index is 12.4. The highest BCUT2D eigenvalue weighted by atomic mass is 32.1. The van der Waals surface area contributed by atoms with Crippen LogP contribution in [-0.4, -0.2) is 16.9 Å². The fourth-order valence-corrected chi connectivity index (χ4v) is 3.77. The zero-order valence-corrected chi connectivity index (χ0v) is 17.7. The number of carbonyl (C=O) groups is 2. The highest BCUT2D eigenvalue weighted by Crippen LogP contribution is 2.23. The van der Waals surface area contributed by atoms with Crippen LogP contribution in [0.25, 0.3) is 0 Å². The number of thiazole rings is 1. The molecule has 0 spiro atoms. The van der Waals surface area contributed by atoms with Crippen molar-refractivity contribution >= 4 is 39.8 Å². The second kappa shape index (κ2) is 8.87. The first kappa shape index (κ1) is 20.5. The number of aryl methyl sites for hydroxylation is 4. The number of urea groups is 1. The van der Waals surface area contributed by atoms with Crippen LogP contribution in [0.1, 0.15) is 27.9 Å². The molecule has 7 heteroatoms. The van der Waals surface area contributed by atoms with Crippen LogP contribution in [-0.2, 0) is 11.2 Å². The van der Waals surface area contributed by atoms with E-state index in [4.69, 9.17) is 0 Å². The number of benzene rings is 2. The summed E-state index contributed by atoms with van der Waals surface area (Å²) >= 11 is 1.28. The van der Waals surface area contributed by atoms with Gasteiger partial charge in [0.2, 0.25) is 5.91 Å². The van der Waals surface area contributed by atoms with Crippen molar-refractivity contribution < 1.29 is 9.59 Å². The standard InChI is InChI=1S/C22H24N4O2S/c1-13-5-7-17(8-6-13)23-21(28)26-22-24-18(12-29-22)11-19(27)25-20-15(3)9-14(2)10-16(20)4/h5-10,12H,11H2,1-4H3,(H,25,27)(H2,23,24,26,28). The van der Waals surface area contributed by atoms with Crippen LogP contribution in [0, 0.1) is 27.7 Å². The minimum atomic E-state index is -0.370. The molecule has 0 aliphatic carbocycles. The fourth-order valence-electron chi connectivity index (χ4n) is 3.07. The molecule has 2 aromatic carbocycles. The third-order valence-electron chi connectivity index (χ3n) is 4.36. The fraction of sp³-hybridized carbons (Fsp3) is 0.227. The van der Waals surface area contributed by atoms with E-state index in [0.717, 1.165) is 27.9 Å². The number of hydrogen-bond acceptors (Lipinski definition) is 4. The van der Waals surface area contributed by atoms with Crippen LogP contribution in [0.3, 0.4) is 0 Å². The molecule has 1 aromatic heterocycles. The molecule has 0 saturated heterocycles. The van der Waals surface area contributed by atoms with E-state index in [1.165, 1.54) is 11.3 Å². The first-order valence-corrected chi connectivity index (χ1v) is 10.1. The number of hydrogen-bond donors (Lipinski definition) is 3. The summed E-state index contributed by atoms with van der Waals surface area (Å²) in [5, 5.41) is 10.6. The summed E-state index contributed by atoms with van der Waals surface area (Å²) < 4.78 is 0. The van der Waals surface area contributed by atoms with Crippen molar-refractivity contribution in [2.75, 3.05) is 16.0 Å². The molecule has 0 saturated carbocycles. The summed E-state index contributed by atoms with van der Waals surface area (Å²) in [6.07, 6.45) is 0.143. The Bertz CT molecular complexity index is 1020. The third kappa shape index (κ3) is 5.65. The van der Waals surface area contributed by atoms with Crippen molar-refractivity contribution in [1.29, 1.82) is 0 Å². The molecule has 0 radical (unpaired) electrons. The van der Waals surface area contributed by atoms with Crippen molar-refractivity contribution in [1.82, 2.24) is 4.98 Å². The summed E-state index contributed by atoms with van der Waals surface area (Å²) in [6, 6.07) is 11.2. The van der Waals surface area contributed by atoms with Gasteiger partial charge in [-0.05, 0) is 51.0 Å². The molecule has 150 valence electrons. The molecule has 0 aliphatic rings. The molecule has 0 atom stereocenters. The van der Waals surface area contributed by atoms with Gasteiger partial charge in [0.1, 0.15) is 0 Å². The van der Waals surface area contributed by atoms with Gasteiger partial charge in [0, 0.05) is 16.8 Å². The highest BCUT2D eigenvalue weighted by molar-refractivity contribution is 7.14. The second-order valence-corrected chi connectivity index (χ2v) is 7.95. The van der Waals surface area contributed by atoms with Crippen LogP contribution in [0.4, 0.5) is 21.3 Å². The summed E-state index contributed by atoms with van der Waals surface area (Å²) in [4.78, 5) is 28.9. The van der Waals surface area contributed by atoms with E-state index in [1.54, 1.807) is 5.38 Å². The predicted molar refractivity (Wildman–Crippen MR) is 119 cm³/mol. The van der Waals surface area contributed by atoms with Gasteiger partial charge >= 0.3 is 6.03 Å². The molecule has 3 N–H and O–H groups in total. The smallest absolute Gasteiger partial charge is 0.325 e. The molecular formula is C22H24N4O2S. The molecule has 0 bridgehead atoms. The van der Waals surface area contributed by atoms with Crippen molar-refractivity contribution in [3.63, 3.8) is 0 Å². The van der Waals surface area contributed by atoms with Gasteiger partial charge in [-0.3, -0.25) is 10.1 Å². The second-order valence-electron chi connectivity index (χ2n) is 7.09.